The normalized spacial score (nSPS) is 12.6. The number of benzene rings is 1. The molecule has 0 saturated heterocycles. The Morgan fingerprint density at radius 3 is 2.35 bits per heavy atom. The summed E-state index contributed by atoms with van der Waals surface area (Å²) in [5, 5.41) is 12.0. The van der Waals surface area contributed by atoms with E-state index in [9.17, 15) is 18.3 Å². The van der Waals surface area contributed by atoms with E-state index >= 15 is 0 Å². The lowest BCUT2D eigenvalue weighted by Gasteiger charge is -2.21. The zero-order chi connectivity index (χ0) is 13.3. The van der Waals surface area contributed by atoms with Crippen LogP contribution in [0.25, 0.3) is 0 Å². The third-order valence-electron chi connectivity index (χ3n) is 2.06. The second kappa shape index (κ2) is 4.44. The first kappa shape index (κ1) is 13.6. The molecule has 0 fully saturated rings. The van der Waals surface area contributed by atoms with Crippen LogP contribution in [0.2, 0.25) is 0 Å². The molecule has 4 N–H and O–H groups in total. The Kier molecular flexibility index (Phi) is 3.56. The smallest absolute Gasteiger partial charge is 0.399 e. The molecule has 1 aromatic rings. The number of alkyl halides is 3. The molecule has 96 valence electrons. The van der Waals surface area contributed by atoms with Crippen LogP contribution < -0.4 is 11.1 Å². The lowest BCUT2D eigenvalue weighted by Crippen LogP contribution is -2.30. The summed E-state index contributed by atoms with van der Waals surface area (Å²) in [6.07, 6.45) is -4.47. The van der Waals surface area contributed by atoms with Crippen LogP contribution in [0.15, 0.2) is 18.2 Å². The highest BCUT2D eigenvalue weighted by atomic mass is 19.4. The van der Waals surface area contributed by atoms with Gasteiger partial charge in [0.25, 0.3) is 0 Å². The third-order valence-corrected chi connectivity index (χ3v) is 2.06. The molecule has 0 bridgehead atoms. The summed E-state index contributed by atoms with van der Waals surface area (Å²) in [6.45, 7) is 3.02. The van der Waals surface area contributed by atoms with Gasteiger partial charge in [-0.15, -0.1) is 0 Å². The largest absolute Gasteiger partial charge is 0.418 e. The summed E-state index contributed by atoms with van der Waals surface area (Å²) in [5.41, 5.74) is 3.36. The van der Waals surface area contributed by atoms with E-state index in [0.717, 1.165) is 6.07 Å². The first-order valence-electron chi connectivity index (χ1n) is 5.02. The van der Waals surface area contributed by atoms with Gasteiger partial charge in [-0.1, -0.05) is 0 Å². The SMILES string of the molecule is CC(C)(O)CNc1ccc(N)cc1C(F)(F)F. The monoisotopic (exact) mass is 248 g/mol. The van der Waals surface area contributed by atoms with Gasteiger partial charge in [-0.2, -0.15) is 13.2 Å². The maximum Gasteiger partial charge on any atom is 0.418 e. The molecule has 0 aliphatic heterocycles. The number of hydrogen-bond donors (Lipinski definition) is 3. The van der Waals surface area contributed by atoms with Gasteiger partial charge in [0.15, 0.2) is 0 Å². The fourth-order valence-corrected chi connectivity index (χ4v) is 1.26. The van der Waals surface area contributed by atoms with Crippen LogP contribution in [0.1, 0.15) is 19.4 Å². The predicted molar refractivity (Wildman–Crippen MR) is 60.6 cm³/mol. The molecule has 0 aliphatic carbocycles. The van der Waals surface area contributed by atoms with Crippen LogP contribution in [0.5, 0.6) is 0 Å². The topological polar surface area (TPSA) is 58.3 Å². The van der Waals surface area contributed by atoms with Gasteiger partial charge >= 0.3 is 6.18 Å². The molecule has 0 atom stereocenters. The van der Waals surface area contributed by atoms with Crippen LogP contribution in [0.3, 0.4) is 0 Å². The molecule has 17 heavy (non-hydrogen) atoms. The van der Waals surface area contributed by atoms with E-state index in [0.29, 0.717) is 0 Å². The molecule has 6 heteroatoms. The van der Waals surface area contributed by atoms with Crippen LogP contribution in [0, 0.1) is 0 Å². The summed E-state index contributed by atoms with van der Waals surface area (Å²) >= 11 is 0. The van der Waals surface area contributed by atoms with Crippen molar-refractivity contribution in [3.8, 4) is 0 Å². The van der Waals surface area contributed by atoms with Crippen molar-refractivity contribution in [1.82, 2.24) is 0 Å². The minimum absolute atomic E-state index is 0.0139. The van der Waals surface area contributed by atoms with Crippen molar-refractivity contribution in [3.05, 3.63) is 23.8 Å². The molecule has 0 amide bonds. The van der Waals surface area contributed by atoms with E-state index in [1.807, 2.05) is 0 Å². The van der Waals surface area contributed by atoms with Gasteiger partial charge in [0.05, 0.1) is 11.2 Å². The van der Waals surface area contributed by atoms with Crippen molar-refractivity contribution in [2.24, 2.45) is 0 Å². The van der Waals surface area contributed by atoms with Crippen LogP contribution in [-0.2, 0) is 6.18 Å². The summed E-state index contributed by atoms with van der Waals surface area (Å²) in [6, 6.07) is 3.50. The van der Waals surface area contributed by atoms with Gasteiger partial charge in [-0.3, -0.25) is 0 Å². The highest BCUT2D eigenvalue weighted by Crippen LogP contribution is 2.36. The van der Waals surface area contributed by atoms with E-state index in [-0.39, 0.29) is 17.9 Å². The van der Waals surface area contributed by atoms with Crippen molar-refractivity contribution in [1.29, 1.82) is 0 Å². The maximum atomic E-state index is 12.7. The summed E-state index contributed by atoms with van der Waals surface area (Å²) in [4.78, 5) is 0. The fourth-order valence-electron chi connectivity index (χ4n) is 1.26. The Labute approximate surface area is 97.4 Å². The van der Waals surface area contributed by atoms with Crippen LogP contribution >= 0.6 is 0 Å². The highest BCUT2D eigenvalue weighted by Gasteiger charge is 2.33. The predicted octanol–water partition coefficient (Wildman–Crippen LogP) is 2.47. The van der Waals surface area contributed by atoms with E-state index in [1.54, 1.807) is 0 Å². The van der Waals surface area contributed by atoms with E-state index in [4.69, 9.17) is 5.73 Å². The molecule has 3 nitrogen and oxygen atoms in total. The van der Waals surface area contributed by atoms with Gasteiger partial charge < -0.3 is 16.2 Å². The minimum Gasteiger partial charge on any atom is -0.399 e. The number of nitrogens with one attached hydrogen (secondary N) is 1. The van der Waals surface area contributed by atoms with Crippen molar-refractivity contribution in [3.63, 3.8) is 0 Å². The Balaban J connectivity index is 2.99. The molecule has 0 heterocycles. The number of rotatable bonds is 3. The maximum absolute atomic E-state index is 12.7. The summed E-state index contributed by atoms with van der Waals surface area (Å²) in [5.74, 6) is 0. The van der Waals surface area contributed by atoms with Crippen LogP contribution in [-0.4, -0.2) is 17.3 Å². The van der Waals surface area contributed by atoms with E-state index in [1.165, 1.54) is 26.0 Å². The van der Waals surface area contributed by atoms with Crippen molar-refractivity contribution in [2.75, 3.05) is 17.6 Å². The number of hydrogen-bond acceptors (Lipinski definition) is 3. The number of aliphatic hydroxyl groups is 1. The first-order valence-corrected chi connectivity index (χ1v) is 5.02. The number of halogens is 3. The second-order valence-electron chi connectivity index (χ2n) is 4.47. The van der Waals surface area contributed by atoms with Crippen molar-refractivity contribution < 1.29 is 18.3 Å². The number of anilines is 2. The molecule has 1 rings (SSSR count). The number of nitrogens with two attached hydrogens (primary N) is 1. The van der Waals surface area contributed by atoms with Crippen molar-refractivity contribution in [2.45, 2.75) is 25.6 Å². The molecule has 0 radical (unpaired) electrons. The average molecular weight is 248 g/mol. The lowest BCUT2D eigenvalue weighted by molar-refractivity contribution is -0.136. The molecule has 0 saturated carbocycles. The quantitative estimate of drug-likeness (QED) is 0.720. The van der Waals surface area contributed by atoms with Crippen LogP contribution in [0.4, 0.5) is 24.5 Å². The Morgan fingerprint density at radius 1 is 1.29 bits per heavy atom. The van der Waals surface area contributed by atoms with Gasteiger partial charge in [0, 0.05) is 17.9 Å². The lowest BCUT2D eigenvalue weighted by atomic mass is 10.1. The first-order chi connectivity index (χ1) is 7.59. The molecule has 0 unspecified atom stereocenters. The highest BCUT2D eigenvalue weighted by molar-refractivity contribution is 5.59. The molecular weight excluding hydrogens is 233 g/mol. The summed E-state index contributed by atoms with van der Waals surface area (Å²) in [7, 11) is 0. The molecule has 0 aromatic heterocycles. The molecule has 0 spiro atoms. The minimum atomic E-state index is -4.47. The Morgan fingerprint density at radius 2 is 1.88 bits per heavy atom. The van der Waals surface area contributed by atoms with Gasteiger partial charge in [-0.05, 0) is 32.0 Å². The standard InChI is InChI=1S/C11H15F3N2O/c1-10(2,17)6-16-9-4-3-7(15)5-8(9)11(12,13)14/h3-5,16-17H,6,15H2,1-2H3. The number of nitrogen functional groups attached to an aromatic ring is 1. The zero-order valence-electron chi connectivity index (χ0n) is 9.60. The van der Waals surface area contributed by atoms with E-state index < -0.39 is 17.3 Å². The zero-order valence-corrected chi connectivity index (χ0v) is 9.60. The third kappa shape index (κ3) is 4.14. The molecule has 0 aliphatic rings. The van der Waals surface area contributed by atoms with Gasteiger partial charge in [0.1, 0.15) is 0 Å². The Bertz CT molecular complexity index is 397. The molecule has 1 aromatic carbocycles. The average Bonchev–Trinajstić information content (AvgIpc) is 2.13. The molecular formula is C11H15F3N2O. The van der Waals surface area contributed by atoms with Crippen molar-refractivity contribution >= 4 is 11.4 Å². The van der Waals surface area contributed by atoms with Gasteiger partial charge in [0.2, 0.25) is 0 Å². The fraction of sp³-hybridized carbons (Fsp3) is 0.455. The Hall–Kier alpha value is -1.43. The van der Waals surface area contributed by atoms with E-state index in [2.05, 4.69) is 5.32 Å². The summed E-state index contributed by atoms with van der Waals surface area (Å²) < 4.78 is 38.1. The second-order valence-corrected chi connectivity index (χ2v) is 4.47. The van der Waals surface area contributed by atoms with Gasteiger partial charge in [-0.25, -0.2) is 0 Å².